The van der Waals surface area contributed by atoms with Crippen molar-refractivity contribution in [3.63, 3.8) is 0 Å². The van der Waals surface area contributed by atoms with Crippen LogP contribution in [-0.2, 0) is 0 Å². The first-order valence-electron chi connectivity index (χ1n) is 9.51. The van der Waals surface area contributed by atoms with E-state index in [0.29, 0.717) is 16.7 Å². The summed E-state index contributed by atoms with van der Waals surface area (Å²) >= 11 is 0. The van der Waals surface area contributed by atoms with Crippen LogP contribution in [-0.4, -0.2) is 21.4 Å². The van der Waals surface area contributed by atoms with E-state index in [4.69, 9.17) is 0 Å². The fourth-order valence-electron chi connectivity index (χ4n) is 7.87. The van der Waals surface area contributed by atoms with Crippen LogP contribution in [0.2, 0.25) is 0 Å². The Kier molecular flexibility index (Phi) is 2.89. The molecule has 4 fully saturated rings. The van der Waals surface area contributed by atoms with Crippen LogP contribution in [0, 0.1) is 28.1 Å². The lowest BCUT2D eigenvalue weighted by Crippen LogP contribution is -2.61. The molecule has 4 rings (SSSR count). The normalized spacial score (nSPS) is 59.7. The van der Waals surface area contributed by atoms with Crippen molar-refractivity contribution in [2.45, 2.75) is 96.7 Å². The van der Waals surface area contributed by atoms with Crippen molar-refractivity contribution < 1.29 is 10.2 Å². The Balaban J connectivity index is 1.80. The fraction of sp³-hybridized carbons (Fsp3) is 1.00. The predicted octanol–water partition coefficient (Wildman–Crippen LogP) is 4.29. The molecule has 2 bridgehead atoms. The molecular formula is C20H34O2. The molecule has 4 aliphatic carbocycles. The topological polar surface area (TPSA) is 40.5 Å². The molecule has 0 aromatic heterocycles. The van der Waals surface area contributed by atoms with Gasteiger partial charge >= 0.3 is 0 Å². The van der Waals surface area contributed by atoms with E-state index >= 15 is 0 Å². The Morgan fingerprint density at radius 3 is 2.32 bits per heavy atom. The van der Waals surface area contributed by atoms with E-state index in [1.54, 1.807) is 0 Å². The highest BCUT2D eigenvalue weighted by Gasteiger charge is 2.72. The molecule has 4 saturated carbocycles. The minimum atomic E-state index is -0.883. The Morgan fingerprint density at radius 2 is 1.59 bits per heavy atom. The molecule has 0 unspecified atom stereocenters. The lowest BCUT2D eigenvalue weighted by atomic mass is 9.39. The first-order valence-corrected chi connectivity index (χ1v) is 9.51. The maximum atomic E-state index is 11.3. The van der Waals surface area contributed by atoms with Crippen LogP contribution in [0.25, 0.3) is 0 Å². The quantitative estimate of drug-likeness (QED) is 0.701. The summed E-state index contributed by atoms with van der Waals surface area (Å²) in [5.74, 6) is 1.41. The van der Waals surface area contributed by atoms with Gasteiger partial charge in [-0.1, -0.05) is 27.2 Å². The maximum Gasteiger partial charge on any atom is 0.0939 e. The van der Waals surface area contributed by atoms with Gasteiger partial charge in [-0.2, -0.15) is 0 Å². The molecule has 0 aliphatic heterocycles. The molecule has 1 spiro atoms. The number of hydrogen-bond acceptors (Lipinski definition) is 2. The first kappa shape index (κ1) is 15.4. The largest absolute Gasteiger partial charge is 0.387 e. The summed E-state index contributed by atoms with van der Waals surface area (Å²) in [5.41, 5.74) is -0.641. The van der Waals surface area contributed by atoms with Crippen molar-refractivity contribution in [1.29, 1.82) is 0 Å². The summed E-state index contributed by atoms with van der Waals surface area (Å²) in [6, 6.07) is 0. The summed E-state index contributed by atoms with van der Waals surface area (Å²) in [7, 11) is 0. The zero-order chi connectivity index (χ0) is 16.0. The minimum absolute atomic E-state index is 0.282. The molecule has 0 aromatic rings. The van der Waals surface area contributed by atoms with Gasteiger partial charge in [0, 0.05) is 0 Å². The third-order valence-corrected chi connectivity index (χ3v) is 9.20. The molecular weight excluding hydrogens is 272 g/mol. The molecule has 2 N–H and O–H groups in total. The van der Waals surface area contributed by atoms with Gasteiger partial charge in [-0.3, -0.25) is 0 Å². The van der Waals surface area contributed by atoms with Crippen LogP contribution >= 0.6 is 0 Å². The first-order chi connectivity index (χ1) is 10.1. The lowest BCUT2D eigenvalue weighted by molar-refractivity contribution is -0.206. The van der Waals surface area contributed by atoms with Crippen molar-refractivity contribution in [1.82, 2.24) is 0 Å². The molecule has 2 heteroatoms. The van der Waals surface area contributed by atoms with E-state index < -0.39 is 11.2 Å². The van der Waals surface area contributed by atoms with Crippen LogP contribution in [0.4, 0.5) is 0 Å². The van der Waals surface area contributed by atoms with Gasteiger partial charge in [-0.25, -0.2) is 0 Å². The second-order valence-corrected chi connectivity index (χ2v) is 10.4. The fourth-order valence-corrected chi connectivity index (χ4v) is 7.87. The van der Waals surface area contributed by atoms with Crippen LogP contribution in [0.1, 0.15) is 85.5 Å². The second kappa shape index (κ2) is 4.11. The standard InChI is InChI=1S/C20H34O2/c1-16(2)8-5-9-17(3)15(16)7-6-14-12-20(22)13-19(14,17)11-10-18(20,4)21/h14-15,21-22H,5-13H2,1-4H3/t14-,15-,17-,18-,19+,20+/m0/s1. The van der Waals surface area contributed by atoms with Gasteiger partial charge in [0.25, 0.3) is 0 Å². The summed E-state index contributed by atoms with van der Waals surface area (Å²) in [4.78, 5) is 0. The van der Waals surface area contributed by atoms with Gasteiger partial charge < -0.3 is 10.2 Å². The molecule has 0 heterocycles. The van der Waals surface area contributed by atoms with Crippen molar-refractivity contribution in [3.05, 3.63) is 0 Å². The molecule has 0 saturated heterocycles. The molecule has 22 heavy (non-hydrogen) atoms. The van der Waals surface area contributed by atoms with Crippen molar-refractivity contribution in [2.24, 2.45) is 28.1 Å². The molecule has 4 aliphatic rings. The number of fused-ring (bicyclic) bond motifs is 2. The number of aliphatic hydroxyl groups is 2. The molecule has 0 amide bonds. The van der Waals surface area contributed by atoms with Crippen LogP contribution < -0.4 is 0 Å². The predicted molar refractivity (Wildman–Crippen MR) is 88.4 cm³/mol. The van der Waals surface area contributed by atoms with E-state index in [-0.39, 0.29) is 5.41 Å². The summed E-state index contributed by atoms with van der Waals surface area (Å²) in [5, 5.41) is 22.1. The van der Waals surface area contributed by atoms with Gasteiger partial charge in [0.2, 0.25) is 0 Å². The highest BCUT2D eigenvalue weighted by molar-refractivity contribution is 5.22. The van der Waals surface area contributed by atoms with E-state index in [9.17, 15) is 10.2 Å². The Morgan fingerprint density at radius 1 is 0.864 bits per heavy atom. The minimum Gasteiger partial charge on any atom is -0.387 e. The van der Waals surface area contributed by atoms with Gasteiger partial charge in [0.1, 0.15) is 0 Å². The van der Waals surface area contributed by atoms with Crippen molar-refractivity contribution >= 4 is 0 Å². The Hall–Kier alpha value is -0.0800. The molecule has 126 valence electrons. The second-order valence-electron chi connectivity index (χ2n) is 10.4. The van der Waals surface area contributed by atoms with Crippen molar-refractivity contribution in [3.8, 4) is 0 Å². The molecule has 0 radical (unpaired) electrons. The highest BCUT2D eigenvalue weighted by atomic mass is 16.4. The van der Waals surface area contributed by atoms with Gasteiger partial charge in [0.05, 0.1) is 11.2 Å². The van der Waals surface area contributed by atoms with E-state index in [2.05, 4.69) is 20.8 Å². The third kappa shape index (κ3) is 1.59. The third-order valence-electron chi connectivity index (χ3n) is 9.20. The summed E-state index contributed by atoms with van der Waals surface area (Å²) in [6.07, 6.45) is 10.2. The van der Waals surface area contributed by atoms with Gasteiger partial charge in [-0.05, 0) is 86.4 Å². The smallest absolute Gasteiger partial charge is 0.0939 e. The molecule has 0 aromatic carbocycles. The van der Waals surface area contributed by atoms with Crippen molar-refractivity contribution in [2.75, 3.05) is 0 Å². The van der Waals surface area contributed by atoms with Crippen LogP contribution in [0.15, 0.2) is 0 Å². The Bertz CT molecular complexity index is 496. The number of hydrogen-bond donors (Lipinski definition) is 2. The number of rotatable bonds is 0. The van der Waals surface area contributed by atoms with E-state index in [1.165, 1.54) is 32.1 Å². The van der Waals surface area contributed by atoms with E-state index in [0.717, 1.165) is 31.6 Å². The van der Waals surface area contributed by atoms with Crippen LogP contribution in [0.3, 0.4) is 0 Å². The lowest BCUT2D eigenvalue weighted by Gasteiger charge is -2.65. The zero-order valence-electron chi connectivity index (χ0n) is 14.9. The van der Waals surface area contributed by atoms with Gasteiger partial charge in [-0.15, -0.1) is 0 Å². The average molecular weight is 306 g/mol. The molecule has 2 nitrogen and oxygen atoms in total. The van der Waals surface area contributed by atoms with E-state index in [1.807, 2.05) is 6.92 Å². The SMILES string of the molecule is CC1(C)CCC[C@@]2(C)[C@H]1CC[C@H]1C[C@@]3(O)C[C@]12CC[C@]3(C)O. The maximum absolute atomic E-state index is 11.3. The summed E-state index contributed by atoms with van der Waals surface area (Å²) in [6.45, 7) is 9.39. The highest BCUT2D eigenvalue weighted by Crippen LogP contribution is 2.75. The summed E-state index contributed by atoms with van der Waals surface area (Å²) < 4.78 is 0. The Labute approximate surface area is 135 Å². The monoisotopic (exact) mass is 306 g/mol. The zero-order valence-corrected chi connectivity index (χ0v) is 14.9. The van der Waals surface area contributed by atoms with Gasteiger partial charge in [0.15, 0.2) is 0 Å². The molecule has 6 atom stereocenters. The van der Waals surface area contributed by atoms with Crippen LogP contribution in [0.5, 0.6) is 0 Å². The average Bonchev–Trinajstić information content (AvgIpc) is 2.67.